The van der Waals surface area contributed by atoms with Gasteiger partial charge in [0.2, 0.25) is 0 Å². The van der Waals surface area contributed by atoms with Crippen LogP contribution in [0.15, 0.2) is 39.9 Å². The number of anilines is 1. The summed E-state index contributed by atoms with van der Waals surface area (Å²) >= 11 is 0. The van der Waals surface area contributed by atoms with Crippen LogP contribution in [0.5, 0.6) is 0 Å². The van der Waals surface area contributed by atoms with Gasteiger partial charge >= 0.3 is 5.69 Å². The highest BCUT2D eigenvalue weighted by Gasteiger charge is 2.20. The van der Waals surface area contributed by atoms with Crippen molar-refractivity contribution in [3.8, 4) is 0 Å². The molecule has 0 spiro atoms. The van der Waals surface area contributed by atoms with E-state index in [0.29, 0.717) is 5.82 Å². The van der Waals surface area contributed by atoms with Gasteiger partial charge in [-0.05, 0) is 18.1 Å². The molecule has 6 heteroatoms. The Bertz CT molecular complexity index is 801. The highest BCUT2D eigenvalue weighted by molar-refractivity contribution is 5.38. The smallest absolute Gasteiger partial charge is 0.329 e. The Morgan fingerprint density at radius 1 is 1.09 bits per heavy atom. The topological polar surface area (TPSA) is 61.3 Å². The van der Waals surface area contributed by atoms with Gasteiger partial charge in [-0.25, -0.2) is 4.79 Å². The summed E-state index contributed by atoms with van der Waals surface area (Å²) in [7, 11) is 1.69. The van der Waals surface area contributed by atoms with E-state index in [0.717, 1.165) is 32.7 Å². The van der Waals surface area contributed by atoms with E-state index in [2.05, 4.69) is 46.0 Å². The van der Waals surface area contributed by atoms with E-state index in [-0.39, 0.29) is 11.2 Å². The van der Waals surface area contributed by atoms with E-state index in [1.54, 1.807) is 7.05 Å². The molecule has 23 heavy (non-hydrogen) atoms. The van der Waals surface area contributed by atoms with E-state index in [4.69, 9.17) is 0 Å². The number of hydrogen-bond acceptors (Lipinski definition) is 4. The lowest BCUT2D eigenvalue weighted by Crippen LogP contribution is -2.48. The minimum absolute atomic E-state index is 0.342. The lowest BCUT2D eigenvalue weighted by molar-refractivity contribution is 0.248. The largest absolute Gasteiger partial charge is 0.355 e. The van der Waals surface area contributed by atoms with Crippen LogP contribution in [0, 0.1) is 6.92 Å². The summed E-state index contributed by atoms with van der Waals surface area (Å²) in [5, 5.41) is 0. The number of nitrogens with zero attached hydrogens (tertiary/aromatic N) is 3. The second kappa shape index (κ2) is 6.42. The van der Waals surface area contributed by atoms with Crippen molar-refractivity contribution in [2.24, 2.45) is 7.05 Å². The molecule has 1 aromatic carbocycles. The molecule has 0 radical (unpaired) electrons. The average molecular weight is 314 g/mol. The van der Waals surface area contributed by atoms with Crippen molar-refractivity contribution in [2.75, 3.05) is 31.1 Å². The lowest BCUT2D eigenvalue weighted by atomic mass is 10.1. The number of aromatic nitrogens is 2. The average Bonchev–Trinajstić information content (AvgIpc) is 2.54. The van der Waals surface area contributed by atoms with Gasteiger partial charge in [0.1, 0.15) is 5.82 Å². The molecule has 0 aliphatic carbocycles. The molecule has 2 aromatic rings. The van der Waals surface area contributed by atoms with Gasteiger partial charge in [-0.2, -0.15) is 0 Å². The third-order valence-corrected chi connectivity index (χ3v) is 4.49. The Kier molecular flexibility index (Phi) is 4.34. The minimum atomic E-state index is -0.366. The SMILES string of the molecule is Cc1ccccc1CN1CCN(c2cc(=O)[nH]c(=O)n2C)CC1. The number of rotatable bonds is 3. The highest BCUT2D eigenvalue weighted by atomic mass is 16.2. The molecule has 6 nitrogen and oxygen atoms in total. The van der Waals surface area contributed by atoms with Crippen LogP contribution in [-0.4, -0.2) is 40.6 Å². The molecule has 122 valence electrons. The van der Waals surface area contributed by atoms with E-state index in [1.807, 2.05) is 0 Å². The van der Waals surface area contributed by atoms with Gasteiger partial charge < -0.3 is 4.90 Å². The van der Waals surface area contributed by atoms with Crippen molar-refractivity contribution >= 4 is 5.82 Å². The Morgan fingerprint density at radius 3 is 2.48 bits per heavy atom. The first kappa shape index (κ1) is 15.6. The quantitative estimate of drug-likeness (QED) is 0.906. The second-order valence-corrected chi connectivity index (χ2v) is 6.05. The first-order valence-electron chi connectivity index (χ1n) is 7.87. The molecular formula is C17H22N4O2. The Morgan fingerprint density at radius 2 is 1.78 bits per heavy atom. The van der Waals surface area contributed by atoms with Crippen molar-refractivity contribution in [3.63, 3.8) is 0 Å². The zero-order valence-electron chi connectivity index (χ0n) is 13.6. The van der Waals surface area contributed by atoms with Crippen LogP contribution < -0.4 is 16.1 Å². The monoisotopic (exact) mass is 314 g/mol. The van der Waals surface area contributed by atoms with Gasteiger partial charge in [-0.3, -0.25) is 19.2 Å². The molecule has 3 rings (SSSR count). The van der Waals surface area contributed by atoms with Crippen LogP contribution in [0.1, 0.15) is 11.1 Å². The van der Waals surface area contributed by atoms with Gasteiger partial charge in [0.15, 0.2) is 0 Å². The summed E-state index contributed by atoms with van der Waals surface area (Å²) in [5.74, 6) is 0.689. The van der Waals surface area contributed by atoms with Gasteiger partial charge in [0.25, 0.3) is 5.56 Å². The maximum atomic E-state index is 11.7. The van der Waals surface area contributed by atoms with Gasteiger partial charge in [-0.15, -0.1) is 0 Å². The van der Waals surface area contributed by atoms with Crippen molar-refractivity contribution in [1.82, 2.24) is 14.5 Å². The fourth-order valence-corrected chi connectivity index (χ4v) is 3.01. The summed E-state index contributed by atoms with van der Waals surface area (Å²) in [6, 6.07) is 9.94. The number of hydrogen-bond donors (Lipinski definition) is 1. The molecule has 1 N–H and O–H groups in total. The van der Waals surface area contributed by atoms with Gasteiger partial charge in [0, 0.05) is 45.8 Å². The summed E-state index contributed by atoms with van der Waals surface area (Å²) < 4.78 is 1.50. The Hall–Kier alpha value is -2.34. The van der Waals surface area contributed by atoms with E-state index in [1.165, 1.54) is 21.8 Å². The minimum Gasteiger partial charge on any atom is -0.355 e. The summed E-state index contributed by atoms with van der Waals surface area (Å²) in [6.45, 7) is 6.52. The molecule has 1 aliphatic heterocycles. The second-order valence-electron chi connectivity index (χ2n) is 6.05. The molecule has 0 saturated carbocycles. The lowest BCUT2D eigenvalue weighted by Gasteiger charge is -2.36. The molecule has 0 bridgehead atoms. The highest BCUT2D eigenvalue weighted by Crippen LogP contribution is 2.15. The van der Waals surface area contributed by atoms with Crippen LogP contribution in [0.2, 0.25) is 0 Å². The number of piperazine rings is 1. The Balaban J connectivity index is 1.68. The van der Waals surface area contributed by atoms with Crippen LogP contribution in [0.4, 0.5) is 5.82 Å². The molecular weight excluding hydrogens is 292 g/mol. The predicted octanol–water partition coefficient (Wildman–Crippen LogP) is 0.704. The molecule has 1 aromatic heterocycles. The summed E-state index contributed by atoms with van der Waals surface area (Å²) in [5.41, 5.74) is 1.96. The normalized spacial score (nSPS) is 15.8. The molecule has 2 heterocycles. The zero-order chi connectivity index (χ0) is 16.4. The first-order valence-corrected chi connectivity index (χ1v) is 7.87. The maximum absolute atomic E-state index is 11.7. The van der Waals surface area contributed by atoms with Crippen LogP contribution >= 0.6 is 0 Å². The molecule has 0 amide bonds. The molecule has 1 aliphatic rings. The zero-order valence-corrected chi connectivity index (χ0v) is 13.6. The van der Waals surface area contributed by atoms with Crippen LogP contribution in [0.3, 0.4) is 0 Å². The Labute approximate surface area is 135 Å². The number of aromatic amines is 1. The van der Waals surface area contributed by atoms with E-state index in [9.17, 15) is 9.59 Å². The number of benzene rings is 1. The van der Waals surface area contributed by atoms with E-state index < -0.39 is 0 Å². The van der Waals surface area contributed by atoms with Crippen LogP contribution in [-0.2, 0) is 13.6 Å². The molecule has 1 saturated heterocycles. The fraction of sp³-hybridized carbons (Fsp3) is 0.412. The fourth-order valence-electron chi connectivity index (χ4n) is 3.01. The number of nitrogens with one attached hydrogen (secondary N) is 1. The predicted molar refractivity (Wildman–Crippen MR) is 91.0 cm³/mol. The number of H-pyrrole nitrogens is 1. The van der Waals surface area contributed by atoms with Gasteiger partial charge in [-0.1, -0.05) is 24.3 Å². The molecule has 0 unspecified atom stereocenters. The van der Waals surface area contributed by atoms with Crippen LogP contribution in [0.25, 0.3) is 0 Å². The third-order valence-electron chi connectivity index (χ3n) is 4.49. The van der Waals surface area contributed by atoms with E-state index >= 15 is 0 Å². The third kappa shape index (κ3) is 3.37. The summed E-state index contributed by atoms with van der Waals surface area (Å²) in [4.78, 5) is 30.0. The maximum Gasteiger partial charge on any atom is 0.329 e. The van der Waals surface area contributed by atoms with Gasteiger partial charge in [0.05, 0.1) is 0 Å². The summed E-state index contributed by atoms with van der Waals surface area (Å²) in [6.07, 6.45) is 0. The number of aryl methyl sites for hydroxylation is 1. The van der Waals surface area contributed by atoms with Crippen molar-refractivity contribution < 1.29 is 0 Å². The first-order chi connectivity index (χ1) is 11.0. The van der Waals surface area contributed by atoms with Crippen molar-refractivity contribution in [1.29, 1.82) is 0 Å². The molecule has 1 fully saturated rings. The van der Waals surface area contributed by atoms with Crippen molar-refractivity contribution in [3.05, 3.63) is 62.3 Å². The molecule has 0 atom stereocenters. The standard InChI is InChI=1S/C17H22N4O2/c1-13-5-3-4-6-14(13)12-20-7-9-21(10-8-20)16-11-15(22)18-17(23)19(16)2/h3-6,11H,7-10,12H2,1-2H3,(H,18,22,23). The van der Waals surface area contributed by atoms with Crippen molar-refractivity contribution in [2.45, 2.75) is 13.5 Å².